The molecule has 0 aliphatic heterocycles. The SMILES string of the molecule is Cc1cc(NC(C)c2ncn[nH]2)c2ccccc2n1. The predicted octanol–water partition coefficient (Wildman–Crippen LogP) is 2.83. The van der Waals surface area contributed by atoms with Crippen molar-refractivity contribution >= 4 is 16.6 Å². The third-order valence-electron chi connectivity index (χ3n) is 3.06. The molecule has 0 spiro atoms. The summed E-state index contributed by atoms with van der Waals surface area (Å²) >= 11 is 0. The largest absolute Gasteiger partial charge is 0.375 e. The summed E-state index contributed by atoms with van der Waals surface area (Å²) in [6.07, 6.45) is 1.52. The minimum atomic E-state index is 0.0627. The Morgan fingerprint density at radius 3 is 2.89 bits per heavy atom. The van der Waals surface area contributed by atoms with Crippen molar-refractivity contribution in [3.63, 3.8) is 0 Å². The monoisotopic (exact) mass is 253 g/mol. The lowest BCUT2D eigenvalue weighted by atomic mass is 10.1. The molecule has 1 unspecified atom stereocenters. The van der Waals surface area contributed by atoms with Gasteiger partial charge in [-0.2, -0.15) is 5.10 Å². The van der Waals surface area contributed by atoms with Gasteiger partial charge in [0, 0.05) is 16.8 Å². The van der Waals surface area contributed by atoms with E-state index >= 15 is 0 Å². The average molecular weight is 253 g/mol. The molecule has 0 radical (unpaired) electrons. The zero-order valence-electron chi connectivity index (χ0n) is 10.9. The molecule has 5 nitrogen and oxygen atoms in total. The number of aromatic nitrogens is 4. The quantitative estimate of drug-likeness (QED) is 0.753. The van der Waals surface area contributed by atoms with E-state index in [0.29, 0.717) is 0 Å². The van der Waals surface area contributed by atoms with Gasteiger partial charge in [-0.3, -0.25) is 10.1 Å². The van der Waals surface area contributed by atoms with E-state index in [2.05, 4.69) is 37.6 Å². The third-order valence-corrected chi connectivity index (χ3v) is 3.06. The second kappa shape index (κ2) is 4.68. The van der Waals surface area contributed by atoms with Crippen LogP contribution in [-0.4, -0.2) is 20.2 Å². The number of nitrogens with one attached hydrogen (secondary N) is 2. The summed E-state index contributed by atoms with van der Waals surface area (Å²) in [4.78, 5) is 8.70. The highest BCUT2D eigenvalue weighted by Gasteiger charge is 2.10. The van der Waals surface area contributed by atoms with Crippen molar-refractivity contribution in [3.05, 3.63) is 48.2 Å². The Bertz CT molecular complexity index is 690. The van der Waals surface area contributed by atoms with E-state index in [1.54, 1.807) is 0 Å². The van der Waals surface area contributed by atoms with E-state index in [1.807, 2.05) is 32.0 Å². The van der Waals surface area contributed by atoms with Crippen LogP contribution in [0.1, 0.15) is 24.5 Å². The third kappa shape index (κ3) is 2.27. The van der Waals surface area contributed by atoms with Gasteiger partial charge in [0.15, 0.2) is 0 Å². The maximum atomic E-state index is 4.53. The second-order valence-electron chi connectivity index (χ2n) is 4.57. The van der Waals surface area contributed by atoms with Crippen molar-refractivity contribution in [1.82, 2.24) is 20.2 Å². The number of aryl methyl sites for hydroxylation is 1. The van der Waals surface area contributed by atoms with Crippen molar-refractivity contribution in [2.45, 2.75) is 19.9 Å². The Kier molecular flexibility index (Phi) is 2.87. The Morgan fingerprint density at radius 1 is 1.26 bits per heavy atom. The number of rotatable bonds is 3. The number of aromatic amines is 1. The molecule has 0 amide bonds. The average Bonchev–Trinajstić information content (AvgIpc) is 2.92. The zero-order valence-corrected chi connectivity index (χ0v) is 10.9. The van der Waals surface area contributed by atoms with Gasteiger partial charge in [-0.05, 0) is 26.0 Å². The maximum Gasteiger partial charge on any atom is 0.146 e. The molecule has 3 rings (SSSR count). The lowest BCUT2D eigenvalue weighted by Gasteiger charge is -2.15. The Morgan fingerprint density at radius 2 is 2.11 bits per heavy atom. The molecule has 96 valence electrons. The highest BCUT2D eigenvalue weighted by molar-refractivity contribution is 5.91. The number of para-hydroxylation sites is 1. The molecule has 1 aromatic carbocycles. The summed E-state index contributed by atoms with van der Waals surface area (Å²) in [6.45, 7) is 4.04. The normalized spacial score (nSPS) is 12.5. The van der Waals surface area contributed by atoms with Crippen LogP contribution < -0.4 is 5.32 Å². The number of anilines is 1. The van der Waals surface area contributed by atoms with Gasteiger partial charge < -0.3 is 5.32 Å². The summed E-state index contributed by atoms with van der Waals surface area (Å²) < 4.78 is 0. The van der Waals surface area contributed by atoms with Crippen LogP contribution in [0.3, 0.4) is 0 Å². The molecule has 0 bridgehead atoms. The predicted molar refractivity (Wildman–Crippen MR) is 74.9 cm³/mol. The summed E-state index contributed by atoms with van der Waals surface area (Å²) in [5, 5.41) is 11.3. The molecule has 2 N–H and O–H groups in total. The molecule has 2 heterocycles. The first-order valence-corrected chi connectivity index (χ1v) is 6.22. The van der Waals surface area contributed by atoms with Gasteiger partial charge in [0.2, 0.25) is 0 Å². The first-order chi connectivity index (χ1) is 9.24. The van der Waals surface area contributed by atoms with E-state index < -0.39 is 0 Å². The molecule has 3 aromatic rings. The molecule has 1 atom stereocenters. The molecule has 5 heteroatoms. The molecule has 19 heavy (non-hydrogen) atoms. The van der Waals surface area contributed by atoms with E-state index in [4.69, 9.17) is 0 Å². The standard InChI is InChI=1S/C14H15N5/c1-9-7-13(11-5-3-4-6-12(11)17-9)18-10(2)14-15-8-16-19-14/h3-8,10H,1-2H3,(H,17,18)(H,15,16,19). The van der Waals surface area contributed by atoms with Crippen molar-refractivity contribution < 1.29 is 0 Å². The number of hydrogen-bond acceptors (Lipinski definition) is 4. The van der Waals surface area contributed by atoms with Crippen LogP contribution in [-0.2, 0) is 0 Å². The first kappa shape index (κ1) is 11.6. The van der Waals surface area contributed by atoms with Gasteiger partial charge in [-0.1, -0.05) is 18.2 Å². The van der Waals surface area contributed by atoms with Crippen molar-refractivity contribution in [1.29, 1.82) is 0 Å². The number of hydrogen-bond donors (Lipinski definition) is 2. The second-order valence-corrected chi connectivity index (χ2v) is 4.57. The topological polar surface area (TPSA) is 66.5 Å². The fraction of sp³-hybridized carbons (Fsp3) is 0.214. The molecule has 2 aromatic heterocycles. The van der Waals surface area contributed by atoms with E-state index in [1.165, 1.54) is 6.33 Å². The van der Waals surface area contributed by atoms with Gasteiger partial charge in [0.05, 0.1) is 11.6 Å². The summed E-state index contributed by atoms with van der Waals surface area (Å²) in [5.74, 6) is 0.818. The number of benzene rings is 1. The molecule has 0 fully saturated rings. The lowest BCUT2D eigenvalue weighted by Crippen LogP contribution is -2.09. The fourth-order valence-electron chi connectivity index (χ4n) is 2.15. The first-order valence-electron chi connectivity index (χ1n) is 6.22. The molecule has 0 aliphatic carbocycles. The minimum absolute atomic E-state index is 0.0627. The van der Waals surface area contributed by atoms with E-state index in [-0.39, 0.29) is 6.04 Å². The zero-order chi connectivity index (χ0) is 13.2. The van der Waals surface area contributed by atoms with Gasteiger partial charge in [-0.15, -0.1) is 0 Å². The Balaban J connectivity index is 2.00. The van der Waals surface area contributed by atoms with Crippen LogP contribution >= 0.6 is 0 Å². The molecular weight excluding hydrogens is 238 g/mol. The van der Waals surface area contributed by atoms with E-state index in [9.17, 15) is 0 Å². The molecule has 0 saturated heterocycles. The number of fused-ring (bicyclic) bond motifs is 1. The maximum absolute atomic E-state index is 4.53. The highest BCUT2D eigenvalue weighted by Crippen LogP contribution is 2.25. The van der Waals surface area contributed by atoms with Crippen LogP contribution in [0.4, 0.5) is 5.69 Å². The van der Waals surface area contributed by atoms with Gasteiger partial charge in [0.25, 0.3) is 0 Å². The van der Waals surface area contributed by atoms with Crippen LogP contribution in [0.15, 0.2) is 36.7 Å². The lowest BCUT2D eigenvalue weighted by molar-refractivity contribution is 0.796. The van der Waals surface area contributed by atoms with Crippen LogP contribution in [0, 0.1) is 6.92 Å². The number of nitrogens with zero attached hydrogens (tertiary/aromatic N) is 3. The van der Waals surface area contributed by atoms with Crippen molar-refractivity contribution in [3.8, 4) is 0 Å². The Hall–Kier alpha value is -2.43. The van der Waals surface area contributed by atoms with Gasteiger partial charge in [0.1, 0.15) is 12.2 Å². The number of H-pyrrole nitrogens is 1. The molecule has 0 saturated carbocycles. The van der Waals surface area contributed by atoms with Crippen molar-refractivity contribution in [2.24, 2.45) is 0 Å². The summed E-state index contributed by atoms with van der Waals surface area (Å²) in [5.41, 5.74) is 3.05. The fourth-order valence-corrected chi connectivity index (χ4v) is 2.15. The highest BCUT2D eigenvalue weighted by atomic mass is 15.2. The van der Waals surface area contributed by atoms with Crippen LogP contribution in [0.5, 0.6) is 0 Å². The van der Waals surface area contributed by atoms with Crippen molar-refractivity contribution in [2.75, 3.05) is 5.32 Å². The minimum Gasteiger partial charge on any atom is -0.375 e. The van der Waals surface area contributed by atoms with Crippen LogP contribution in [0.25, 0.3) is 10.9 Å². The van der Waals surface area contributed by atoms with E-state index in [0.717, 1.165) is 28.1 Å². The molecule has 0 aliphatic rings. The summed E-state index contributed by atoms with van der Waals surface area (Å²) in [7, 11) is 0. The van der Waals surface area contributed by atoms with Crippen LogP contribution in [0.2, 0.25) is 0 Å². The molecular formula is C14H15N5. The Labute approximate surface area is 111 Å². The number of pyridine rings is 1. The summed E-state index contributed by atoms with van der Waals surface area (Å²) in [6, 6.07) is 10.2. The van der Waals surface area contributed by atoms with Gasteiger partial charge >= 0.3 is 0 Å². The smallest absolute Gasteiger partial charge is 0.146 e. The van der Waals surface area contributed by atoms with Gasteiger partial charge in [-0.25, -0.2) is 4.98 Å².